The Kier molecular flexibility index (Phi) is 13.7. The van der Waals surface area contributed by atoms with Crippen molar-refractivity contribution in [1.82, 2.24) is 9.88 Å². The van der Waals surface area contributed by atoms with Gasteiger partial charge in [0.2, 0.25) is 0 Å². The number of hydrogen-bond donors (Lipinski definition) is 4. The predicted molar refractivity (Wildman–Crippen MR) is 171 cm³/mol. The lowest BCUT2D eigenvalue weighted by molar-refractivity contribution is -0.170. The van der Waals surface area contributed by atoms with E-state index in [0.29, 0.717) is 23.6 Å². The first kappa shape index (κ1) is 36.2. The normalized spacial score (nSPS) is 13.7. The first-order chi connectivity index (χ1) is 21.9. The third-order valence-corrected chi connectivity index (χ3v) is 7.92. The number of halogens is 1. The summed E-state index contributed by atoms with van der Waals surface area (Å²) >= 11 is 6.36. The van der Waals surface area contributed by atoms with Crippen molar-refractivity contribution in [2.45, 2.75) is 57.0 Å². The molecule has 0 saturated carbocycles. The van der Waals surface area contributed by atoms with E-state index >= 15 is 0 Å². The Bertz CT molecular complexity index is 1460. The number of likely N-dealkylation sites (tertiary alicyclic amines) is 1. The van der Waals surface area contributed by atoms with Crippen LogP contribution in [0.15, 0.2) is 66.9 Å². The van der Waals surface area contributed by atoms with E-state index in [1.807, 2.05) is 54.7 Å². The summed E-state index contributed by atoms with van der Waals surface area (Å²) in [7, 11) is 0. The highest BCUT2D eigenvalue weighted by Gasteiger charge is 2.40. The van der Waals surface area contributed by atoms with E-state index in [1.165, 1.54) is 25.9 Å². The molecular formula is C34H39ClN2O9. The number of rotatable bonds is 15. The van der Waals surface area contributed by atoms with Crippen LogP contribution in [0, 0.1) is 0 Å². The highest BCUT2D eigenvalue weighted by Crippen LogP contribution is 2.28. The number of benzene rings is 2. The van der Waals surface area contributed by atoms with Gasteiger partial charge in [0, 0.05) is 18.3 Å². The van der Waals surface area contributed by atoms with Gasteiger partial charge in [-0.25, -0.2) is 4.79 Å². The Morgan fingerprint density at radius 1 is 0.913 bits per heavy atom. The van der Waals surface area contributed by atoms with Crippen LogP contribution in [0.4, 0.5) is 0 Å². The van der Waals surface area contributed by atoms with Crippen LogP contribution in [0.1, 0.15) is 65.7 Å². The number of hydrogen-bond acceptors (Lipinski definition) is 8. The Hall–Kier alpha value is -4.32. The summed E-state index contributed by atoms with van der Waals surface area (Å²) in [5.41, 5.74) is 0.778. The minimum absolute atomic E-state index is 0.0108. The molecule has 0 spiro atoms. The maximum atomic E-state index is 13.5. The quantitative estimate of drug-likeness (QED) is 0.167. The zero-order chi connectivity index (χ0) is 33.7. The number of ether oxygens (including phenoxy) is 1. The van der Waals surface area contributed by atoms with Crippen molar-refractivity contribution in [2.24, 2.45) is 0 Å². The topological polar surface area (TPSA) is 175 Å². The lowest BCUT2D eigenvalue weighted by atomic mass is 9.88. The SMILES string of the molecule is CCc1ccc(C(Cc2ccc(OCCN3CCCC3)cc2)C(=O)c2ccccc2Cl)nc1.O=C(O)CC(O)(CC(=O)O)C(=O)O. The van der Waals surface area contributed by atoms with Crippen LogP contribution in [-0.2, 0) is 27.2 Å². The van der Waals surface area contributed by atoms with Crippen LogP contribution in [0.2, 0.25) is 5.02 Å². The number of nitrogens with zero attached hydrogens (tertiary/aromatic N) is 2. The van der Waals surface area contributed by atoms with E-state index in [4.69, 9.17) is 36.8 Å². The molecule has 1 saturated heterocycles. The van der Waals surface area contributed by atoms with Gasteiger partial charge in [0.05, 0.1) is 29.5 Å². The summed E-state index contributed by atoms with van der Waals surface area (Å²) < 4.78 is 5.93. The van der Waals surface area contributed by atoms with Crippen molar-refractivity contribution < 1.29 is 44.3 Å². The molecule has 4 rings (SSSR count). The van der Waals surface area contributed by atoms with Gasteiger partial charge in [0.15, 0.2) is 11.4 Å². The third-order valence-electron chi connectivity index (χ3n) is 7.59. The fraction of sp³-hybridized carbons (Fsp3) is 0.382. The molecule has 1 aromatic heterocycles. The molecule has 0 aliphatic carbocycles. The minimum Gasteiger partial charge on any atom is -0.492 e. The number of carbonyl (C=O) groups is 4. The Labute approximate surface area is 272 Å². The highest BCUT2D eigenvalue weighted by atomic mass is 35.5. The molecular weight excluding hydrogens is 616 g/mol. The van der Waals surface area contributed by atoms with Gasteiger partial charge >= 0.3 is 17.9 Å². The molecule has 1 atom stereocenters. The van der Waals surface area contributed by atoms with E-state index in [-0.39, 0.29) is 5.78 Å². The van der Waals surface area contributed by atoms with Gasteiger partial charge in [0.25, 0.3) is 0 Å². The van der Waals surface area contributed by atoms with E-state index in [9.17, 15) is 19.2 Å². The first-order valence-corrected chi connectivity index (χ1v) is 15.4. The van der Waals surface area contributed by atoms with Crippen LogP contribution in [0.25, 0.3) is 0 Å². The average molecular weight is 655 g/mol. The molecule has 2 heterocycles. The van der Waals surface area contributed by atoms with Gasteiger partial charge in [-0.2, -0.15) is 0 Å². The summed E-state index contributed by atoms with van der Waals surface area (Å²) in [6, 6.07) is 19.3. The van der Waals surface area contributed by atoms with E-state index in [0.717, 1.165) is 35.5 Å². The van der Waals surface area contributed by atoms with Crippen molar-refractivity contribution in [3.05, 3.63) is 94.3 Å². The molecule has 1 fully saturated rings. The van der Waals surface area contributed by atoms with Crippen molar-refractivity contribution in [3.8, 4) is 5.75 Å². The standard InChI is InChI=1S/C28H31ClN2O2.C6H8O7/c1-2-21-11-14-27(30-20-21)25(28(32)24-7-3-4-8-26(24)29)19-22-9-12-23(13-10-22)33-18-17-31-15-5-6-16-31;7-3(8)1-6(13,5(11)12)2-4(9)10/h3-4,7-14,20,25H,2,5-6,15-19H2,1H3;13H,1-2H2,(H,7,8)(H,9,10)(H,11,12). The Balaban J connectivity index is 0.000000376. The fourth-order valence-corrected chi connectivity index (χ4v) is 5.23. The van der Waals surface area contributed by atoms with Crippen LogP contribution >= 0.6 is 11.6 Å². The molecule has 4 N–H and O–H groups in total. The molecule has 1 aliphatic rings. The van der Waals surface area contributed by atoms with Crippen LogP contribution in [0.3, 0.4) is 0 Å². The lowest BCUT2D eigenvalue weighted by Crippen LogP contribution is -2.42. The summed E-state index contributed by atoms with van der Waals surface area (Å²) in [6.45, 7) is 6.11. The second-order valence-corrected chi connectivity index (χ2v) is 11.5. The number of aliphatic hydroxyl groups is 1. The van der Waals surface area contributed by atoms with Gasteiger partial charge in [-0.05, 0) is 80.2 Å². The first-order valence-electron chi connectivity index (χ1n) is 15.0. The maximum absolute atomic E-state index is 13.5. The molecule has 246 valence electrons. The smallest absolute Gasteiger partial charge is 0.336 e. The van der Waals surface area contributed by atoms with Crippen LogP contribution in [-0.4, -0.2) is 85.8 Å². The fourth-order valence-electron chi connectivity index (χ4n) is 5.00. The second-order valence-electron chi connectivity index (χ2n) is 11.1. The highest BCUT2D eigenvalue weighted by molar-refractivity contribution is 6.34. The zero-order valence-corrected chi connectivity index (χ0v) is 26.4. The zero-order valence-electron chi connectivity index (χ0n) is 25.6. The number of aliphatic carboxylic acids is 3. The van der Waals surface area contributed by atoms with Crippen molar-refractivity contribution >= 4 is 35.3 Å². The number of Topliss-reactive ketones (excluding diaryl/α,β-unsaturated/α-hetero) is 1. The summed E-state index contributed by atoms with van der Waals surface area (Å²) in [6.07, 6.45) is 3.62. The van der Waals surface area contributed by atoms with E-state index in [2.05, 4.69) is 16.8 Å². The molecule has 0 radical (unpaired) electrons. The summed E-state index contributed by atoms with van der Waals surface area (Å²) in [5.74, 6) is -4.58. The number of carboxylic acids is 3. The van der Waals surface area contributed by atoms with Gasteiger partial charge in [-0.3, -0.25) is 24.3 Å². The third kappa shape index (κ3) is 10.9. The molecule has 46 heavy (non-hydrogen) atoms. The monoisotopic (exact) mass is 654 g/mol. The Morgan fingerprint density at radius 2 is 1.52 bits per heavy atom. The largest absolute Gasteiger partial charge is 0.492 e. The lowest BCUT2D eigenvalue weighted by Gasteiger charge is -2.18. The molecule has 3 aromatic rings. The maximum Gasteiger partial charge on any atom is 0.336 e. The van der Waals surface area contributed by atoms with Crippen molar-refractivity contribution in [3.63, 3.8) is 0 Å². The number of carboxylic acid groups (broad SMARTS) is 3. The number of aryl methyl sites for hydroxylation is 1. The van der Waals surface area contributed by atoms with Crippen LogP contribution < -0.4 is 4.74 Å². The second kappa shape index (κ2) is 17.4. The number of ketones is 1. The molecule has 0 bridgehead atoms. The van der Waals surface area contributed by atoms with E-state index in [1.54, 1.807) is 12.1 Å². The van der Waals surface area contributed by atoms with Crippen molar-refractivity contribution in [1.29, 1.82) is 0 Å². The molecule has 12 heteroatoms. The summed E-state index contributed by atoms with van der Waals surface area (Å²) in [5, 5.41) is 34.3. The van der Waals surface area contributed by atoms with Gasteiger partial charge in [0.1, 0.15) is 12.4 Å². The van der Waals surface area contributed by atoms with Crippen molar-refractivity contribution in [2.75, 3.05) is 26.2 Å². The minimum atomic E-state index is -2.74. The number of aromatic nitrogens is 1. The average Bonchev–Trinajstić information content (AvgIpc) is 3.54. The Morgan fingerprint density at radius 3 is 2.04 bits per heavy atom. The molecule has 0 amide bonds. The van der Waals surface area contributed by atoms with Crippen LogP contribution in [0.5, 0.6) is 5.75 Å². The van der Waals surface area contributed by atoms with Gasteiger partial charge in [-0.1, -0.05) is 48.9 Å². The predicted octanol–water partition coefficient (Wildman–Crippen LogP) is 4.73. The van der Waals surface area contributed by atoms with E-state index < -0.39 is 42.3 Å². The molecule has 11 nitrogen and oxygen atoms in total. The number of pyridine rings is 1. The molecule has 2 aromatic carbocycles. The number of carbonyl (C=O) groups excluding carboxylic acids is 1. The summed E-state index contributed by atoms with van der Waals surface area (Å²) in [4.78, 5) is 51.1. The van der Waals surface area contributed by atoms with Gasteiger partial charge in [-0.15, -0.1) is 0 Å². The van der Waals surface area contributed by atoms with Gasteiger partial charge < -0.3 is 25.2 Å². The molecule has 1 unspecified atom stereocenters. The molecule has 1 aliphatic heterocycles.